The number of carboxylic acids is 1. The molecule has 3 rings (SSSR count). The predicted molar refractivity (Wildman–Crippen MR) is 68.5 cm³/mol. The van der Waals surface area contributed by atoms with Crippen molar-refractivity contribution in [3.8, 4) is 0 Å². The fourth-order valence-electron chi connectivity index (χ4n) is 1.93. The van der Waals surface area contributed by atoms with Gasteiger partial charge in [-0.3, -0.25) is 4.98 Å². The summed E-state index contributed by atoms with van der Waals surface area (Å²) in [6, 6.07) is 7.45. The van der Waals surface area contributed by atoms with Crippen molar-refractivity contribution in [2.45, 2.75) is 0 Å². The van der Waals surface area contributed by atoms with Crippen LogP contribution in [-0.4, -0.2) is 16.1 Å². The van der Waals surface area contributed by atoms with Crippen molar-refractivity contribution in [3.05, 3.63) is 35.3 Å². The number of nitrogens with zero attached hydrogens (tertiary/aromatic N) is 1. The van der Waals surface area contributed by atoms with Crippen molar-refractivity contribution in [1.29, 1.82) is 0 Å². The number of nitrogen functional groups attached to an aromatic ring is 1. The average molecular weight is 244 g/mol. The molecular weight excluding hydrogens is 236 g/mol. The van der Waals surface area contributed by atoms with Gasteiger partial charge in [0, 0.05) is 21.7 Å². The maximum atomic E-state index is 11.0. The van der Waals surface area contributed by atoms with E-state index in [2.05, 4.69) is 4.98 Å². The lowest BCUT2D eigenvalue weighted by atomic mass is 10.1. The zero-order valence-electron chi connectivity index (χ0n) is 8.68. The Hall–Kier alpha value is -2.14. The smallest absolute Gasteiger partial charge is 0.348 e. The summed E-state index contributed by atoms with van der Waals surface area (Å²) in [6.07, 6.45) is 1.70. The van der Waals surface area contributed by atoms with Gasteiger partial charge in [-0.25, -0.2) is 4.79 Å². The summed E-state index contributed by atoms with van der Waals surface area (Å²) in [5.74, 6) is -0.985. The first-order valence-corrected chi connectivity index (χ1v) is 5.79. The van der Waals surface area contributed by atoms with Crippen LogP contribution in [0.3, 0.4) is 0 Å². The second-order valence-corrected chi connectivity index (χ2v) is 4.71. The quantitative estimate of drug-likeness (QED) is 0.690. The van der Waals surface area contributed by atoms with Crippen LogP contribution < -0.4 is 5.73 Å². The van der Waals surface area contributed by atoms with Crippen LogP contribution in [0.2, 0.25) is 0 Å². The molecule has 0 aliphatic carbocycles. The fraction of sp³-hybridized carbons (Fsp3) is 0. The number of anilines is 1. The monoisotopic (exact) mass is 244 g/mol. The number of thiophene rings is 1. The van der Waals surface area contributed by atoms with E-state index in [0.29, 0.717) is 5.69 Å². The zero-order chi connectivity index (χ0) is 12.0. The summed E-state index contributed by atoms with van der Waals surface area (Å²) in [4.78, 5) is 15.5. The molecule has 0 saturated carbocycles. The molecule has 5 heteroatoms. The lowest BCUT2D eigenvalue weighted by Crippen LogP contribution is -1.97. The van der Waals surface area contributed by atoms with Crippen LogP contribution in [0.4, 0.5) is 5.69 Å². The molecule has 2 heterocycles. The van der Waals surface area contributed by atoms with Crippen LogP contribution in [0.1, 0.15) is 9.67 Å². The molecular formula is C12H8N2O2S. The van der Waals surface area contributed by atoms with Crippen molar-refractivity contribution in [2.75, 3.05) is 5.73 Å². The summed E-state index contributed by atoms with van der Waals surface area (Å²) >= 11 is 1.19. The van der Waals surface area contributed by atoms with Crippen LogP contribution in [0.25, 0.3) is 21.0 Å². The highest BCUT2D eigenvalue weighted by Gasteiger charge is 2.17. The maximum Gasteiger partial charge on any atom is 0.348 e. The van der Waals surface area contributed by atoms with Gasteiger partial charge in [-0.15, -0.1) is 11.3 Å². The molecule has 0 amide bonds. The minimum Gasteiger partial charge on any atom is -0.477 e. The second-order valence-electron chi connectivity index (χ2n) is 3.66. The molecule has 17 heavy (non-hydrogen) atoms. The van der Waals surface area contributed by atoms with Crippen molar-refractivity contribution in [3.63, 3.8) is 0 Å². The Morgan fingerprint density at radius 2 is 2.18 bits per heavy atom. The van der Waals surface area contributed by atoms with Gasteiger partial charge in [0.2, 0.25) is 0 Å². The number of fused-ring (bicyclic) bond motifs is 3. The van der Waals surface area contributed by atoms with Crippen molar-refractivity contribution < 1.29 is 9.90 Å². The molecule has 0 aliphatic heterocycles. The molecule has 0 unspecified atom stereocenters. The van der Waals surface area contributed by atoms with Crippen LogP contribution >= 0.6 is 11.3 Å². The Bertz CT molecular complexity index is 749. The van der Waals surface area contributed by atoms with Crippen LogP contribution in [0.15, 0.2) is 30.5 Å². The van der Waals surface area contributed by atoms with Gasteiger partial charge in [-0.05, 0) is 18.2 Å². The first-order chi connectivity index (χ1) is 8.18. The normalized spacial score (nSPS) is 11.1. The molecule has 0 atom stereocenters. The van der Waals surface area contributed by atoms with Crippen LogP contribution in [0, 0.1) is 0 Å². The molecule has 0 radical (unpaired) electrons. The molecule has 3 N–H and O–H groups in total. The number of nitrogens with two attached hydrogens (primary N) is 1. The van der Waals surface area contributed by atoms with Crippen LogP contribution in [0.5, 0.6) is 0 Å². The number of rotatable bonds is 1. The molecule has 0 saturated heterocycles. The summed E-state index contributed by atoms with van der Waals surface area (Å²) in [6.45, 7) is 0. The molecule has 0 spiro atoms. The Labute approximate surface area is 100 Å². The number of carbonyl (C=O) groups is 1. The molecule has 4 nitrogen and oxygen atoms in total. The SMILES string of the molecule is Nc1c(C(=O)O)sc2ccc3ncccc3c12. The largest absolute Gasteiger partial charge is 0.477 e. The molecule has 2 aromatic heterocycles. The average Bonchev–Trinajstić information content (AvgIpc) is 2.67. The number of benzene rings is 1. The van der Waals surface area contributed by atoms with E-state index < -0.39 is 5.97 Å². The molecule has 0 aliphatic rings. The number of carboxylic acid groups (broad SMARTS) is 1. The van der Waals surface area contributed by atoms with E-state index in [1.807, 2.05) is 24.3 Å². The van der Waals surface area contributed by atoms with E-state index >= 15 is 0 Å². The number of hydrogen-bond acceptors (Lipinski definition) is 4. The minimum absolute atomic E-state index is 0.191. The topological polar surface area (TPSA) is 76.2 Å². The highest BCUT2D eigenvalue weighted by molar-refractivity contribution is 7.21. The molecule has 3 aromatic rings. The Balaban J connectivity index is 2.53. The Morgan fingerprint density at radius 3 is 2.94 bits per heavy atom. The molecule has 1 aromatic carbocycles. The van der Waals surface area contributed by atoms with E-state index in [0.717, 1.165) is 21.0 Å². The van der Waals surface area contributed by atoms with E-state index in [9.17, 15) is 4.79 Å². The van der Waals surface area contributed by atoms with Gasteiger partial charge in [0.1, 0.15) is 4.88 Å². The highest BCUT2D eigenvalue weighted by Crippen LogP contribution is 2.37. The summed E-state index contributed by atoms with van der Waals surface area (Å²) in [5.41, 5.74) is 7.06. The molecule has 0 bridgehead atoms. The van der Waals surface area contributed by atoms with Crippen molar-refractivity contribution >= 4 is 44.0 Å². The third kappa shape index (κ3) is 1.36. The van der Waals surface area contributed by atoms with Gasteiger partial charge in [0.25, 0.3) is 0 Å². The number of pyridine rings is 1. The standard InChI is InChI=1S/C12H8N2O2S/c13-10-9-6-2-1-5-14-7(6)3-4-8(9)17-11(10)12(15)16/h1-5H,13H2,(H,15,16). The summed E-state index contributed by atoms with van der Waals surface area (Å²) in [5, 5.41) is 10.7. The first kappa shape index (κ1) is 10.0. The van der Waals surface area contributed by atoms with E-state index in [1.54, 1.807) is 6.20 Å². The van der Waals surface area contributed by atoms with Gasteiger partial charge >= 0.3 is 5.97 Å². The first-order valence-electron chi connectivity index (χ1n) is 4.97. The number of aromatic carboxylic acids is 1. The number of hydrogen-bond donors (Lipinski definition) is 2. The van der Waals surface area contributed by atoms with Crippen molar-refractivity contribution in [2.24, 2.45) is 0 Å². The Morgan fingerprint density at radius 1 is 1.35 bits per heavy atom. The lowest BCUT2D eigenvalue weighted by molar-refractivity contribution is 0.0703. The van der Waals surface area contributed by atoms with Gasteiger partial charge in [-0.2, -0.15) is 0 Å². The number of aromatic nitrogens is 1. The highest BCUT2D eigenvalue weighted by atomic mass is 32.1. The third-order valence-corrected chi connectivity index (χ3v) is 3.83. The van der Waals surface area contributed by atoms with Crippen LogP contribution in [-0.2, 0) is 0 Å². The van der Waals surface area contributed by atoms with Crippen molar-refractivity contribution in [1.82, 2.24) is 4.98 Å². The molecule has 0 fully saturated rings. The summed E-state index contributed by atoms with van der Waals surface area (Å²) in [7, 11) is 0. The maximum absolute atomic E-state index is 11.0. The third-order valence-electron chi connectivity index (χ3n) is 2.67. The fourth-order valence-corrected chi connectivity index (χ4v) is 2.91. The Kier molecular flexibility index (Phi) is 2.02. The van der Waals surface area contributed by atoms with Gasteiger partial charge < -0.3 is 10.8 Å². The van der Waals surface area contributed by atoms with Gasteiger partial charge in [-0.1, -0.05) is 6.07 Å². The van der Waals surface area contributed by atoms with E-state index in [1.165, 1.54) is 11.3 Å². The predicted octanol–water partition coefficient (Wildman–Crippen LogP) is 2.73. The zero-order valence-corrected chi connectivity index (χ0v) is 9.49. The lowest BCUT2D eigenvalue weighted by Gasteiger charge is -1.99. The second kappa shape index (κ2) is 3.43. The van der Waals surface area contributed by atoms with E-state index in [4.69, 9.17) is 10.8 Å². The van der Waals surface area contributed by atoms with E-state index in [-0.39, 0.29) is 4.88 Å². The van der Waals surface area contributed by atoms with Gasteiger partial charge in [0.05, 0.1) is 11.2 Å². The summed E-state index contributed by atoms with van der Waals surface area (Å²) < 4.78 is 0.875. The van der Waals surface area contributed by atoms with Gasteiger partial charge in [0.15, 0.2) is 0 Å². The molecule has 84 valence electrons. The minimum atomic E-state index is -0.985.